The second-order valence-corrected chi connectivity index (χ2v) is 13.6. The highest BCUT2D eigenvalue weighted by atomic mass is 16.4. The Bertz CT molecular complexity index is 853. The van der Waals surface area contributed by atoms with Gasteiger partial charge in [0.05, 0.1) is 6.10 Å². The summed E-state index contributed by atoms with van der Waals surface area (Å²) in [4.78, 5) is 11.1. The molecule has 0 unspecified atom stereocenters. The van der Waals surface area contributed by atoms with E-state index in [0.29, 0.717) is 40.1 Å². The SMILES string of the molecule is C/C(=C/CC[C@@H](C)[C@H]1CC[C@@]2(C)[C@H]3CC[C@@H]4C(C)(C)[C@@H](O)CC[C@]4(C)C3=CC[C@]12C)C(=O)O. The molecule has 4 aliphatic rings. The zero-order chi connectivity index (χ0) is 24.4. The van der Waals surface area contributed by atoms with E-state index in [0.717, 1.165) is 25.7 Å². The average molecular weight is 457 g/mol. The van der Waals surface area contributed by atoms with E-state index in [2.05, 4.69) is 47.6 Å². The molecule has 186 valence electrons. The van der Waals surface area contributed by atoms with E-state index in [-0.39, 0.29) is 16.9 Å². The third-order valence-electron chi connectivity index (χ3n) is 12.0. The number of carboxylic acids is 1. The van der Waals surface area contributed by atoms with Crippen molar-refractivity contribution in [1.82, 2.24) is 0 Å². The van der Waals surface area contributed by atoms with Crippen LogP contribution in [0.2, 0.25) is 0 Å². The fraction of sp³-hybridized carbons (Fsp3) is 0.833. The Morgan fingerprint density at radius 1 is 1.09 bits per heavy atom. The van der Waals surface area contributed by atoms with Gasteiger partial charge in [0.1, 0.15) is 0 Å². The smallest absolute Gasteiger partial charge is 0.330 e. The largest absolute Gasteiger partial charge is 0.478 e. The van der Waals surface area contributed by atoms with E-state index in [1.165, 1.54) is 32.1 Å². The summed E-state index contributed by atoms with van der Waals surface area (Å²) in [6, 6.07) is 0. The standard InChI is InChI=1S/C30H48O3/c1-19(9-8-10-20(2)26(32)33)21-13-17-30(7)23-11-12-24-27(3,4)25(31)15-16-28(24,5)22(23)14-18-29(21,30)6/h10,14,19,21,23-25,31H,8-9,11-13,15-18H2,1-7H3,(H,32,33)/b20-10-/t19-,21-,23+,24-,25+,28-,29-,30+/m1/s1. The lowest BCUT2D eigenvalue weighted by molar-refractivity contribution is -0.132. The third kappa shape index (κ3) is 3.58. The highest BCUT2D eigenvalue weighted by Gasteiger charge is 2.65. The number of aliphatic hydroxyl groups is 1. The van der Waals surface area contributed by atoms with Crippen LogP contribution < -0.4 is 0 Å². The molecule has 3 fully saturated rings. The zero-order valence-electron chi connectivity index (χ0n) is 22.2. The first-order valence-electron chi connectivity index (χ1n) is 13.6. The van der Waals surface area contributed by atoms with Gasteiger partial charge in [-0.25, -0.2) is 4.79 Å². The van der Waals surface area contributed by atoms with E-state index < -0.39 is 5.97 Å². The Hall–Kier alpha value is -1.09. The molecule has 0 aromatic heterocycles. The maximum atomic E-state index is 11.1. The molecule has 8 atom stereocenters. The van der Waals surface area contributed by atoms with Crippen molar-refractivity contribution in [2.45, 2.75) is 112 Å². The summed E-state index contributed by atoms with van der Waals surface area (Å²) in [5.41, 5.74) is 3.11. The maximum absolute atomic E-state index is 11.1. The van der Waals surface area contributed by atoms with E-state index in [4.69, 9.17) is 5.11 Å². The summed E-state index contributed by atoms with van der Waals surface area (Å²) >= 11 is 0. The van der Waals surface area contributed by atoms with Crippen molar-refractivity contribution in [2.24, 2.45) is 45.3 Å². The average Bonchev–Trinajstić information content (AvgIpc) is 3.02. The molecular weight excluding hydrogens is 408 g/mol. The molecule has 2 N–H and O–H groups in total. The van der Waals surface area contributed by atoms with Crippen molar-refractivity contribution >= 4 is 5.97 Å². The van der Waals surface area contributed by atoms with Crippen LogP contribution in [-0.4, -0.2) is 22.3 Å². The molecule has 0 radical (unpaired) electrons. The summed E-state index contributed by atoms with van der Waals surface area (Å²) in [5.74, 6) is 1.77. The molecule has 4 aliphatic carbocycles. The zero-order valence-corrected chi connectivity index (χ0v) is 22.2. The van der Waals surface area contributed by atoms with Gasteiger partial charge in [-0.2, -0.15) is 0 Å². The second-order valence-electron chi connectivity index (χ2n) is 13.6. The predicted octanol–water partition coefficient (Wildman–Crippen LogP) is 7.40. The number of aliphatic carboxylic acids is 1. The van der Waals surface area contributed by atoms with Crippen molar-refractivity contribution < 1.29 is 15.0 Å². The first kappa shape index (κ1) is 25.0. The molecule has 3 heteroatoms. The number of carboxylic acid groups (broad SMARTS) is 1. The summed E-state index contributed by atoms with van der Waals surface area (Å²) in [5, 5.41) is 20.0. The van der Waals surface area contributed by atoms with Crippen molar-refractivity contribution in [2.75, 3.05) is 0 Å². The Kier molecular flexibility index (Phi) is 6.25. The van der Waals surface area contributed by atoms with Gasteiger partial charge in [-0.15, -0.1) is 0 Å². The quantitative estimate of drug-likeness (QED) is 0.335. The maximum Gasteiger partial charge on any atom is 0.330 e. The topological polar surface area (TPSA) is 57.5 Å². The number of carbonyl (C=O) groups is 1. The van der Waals surface area contributed by atoms with Crippen molar-refractivity contribution in [3.05, 3.63) is 23.3 Å². The Morgan fingerprint density at radius 2 is 1.79 bits per heavy atom. The van der Waals surface area contributed by atoms with Crippen LogP contribution in [0.25, 0.3) is 0 Å². The Labute approximate surface area is 202 Å². The molecule has 0 spiro atoms. The van der Waals surface area contributed by atoms with Crippen LogP contribution in [0.15, 0.2) is 23.3 Å². The van der Waals surface area contributed by atoms with Crippen LogP contribution in [0.3, 0.4) is 0 Å². The number of fused-ring (bicyclic) bond motifs is 5. The molecule has 33 heavy (non-hydrogen) atoms. The van der Waals surface area contributed by atoms with Gasteiger partial charge in [-0.3, -0.25) is 0 Å². The van der Waals surface area contributed by atoms with Crippen LogP contribution in [0.5, 0.6) is 0 Å². The van der Waals surface area contributed by atoms with Gasteiger partial charge in [0.15, 0.2) is 0 Å². The van der Waals surface area contributed by atoms with E-state index in [1.807, 2.05) is 6.08 Å². The number of aliphatic hydroxyl groups excluding tert-OH is 1. The number of hydrogen-bond acceptors (Lipinski definition) is 2. The molecule has 4 rings (SSSR count). The lowest BCUT2D eigenvalue weighted by Crippen LogP contribution is -2.57. The summed E-state index contributed by atoms with van der Waals surface area (Å²) in [6.07, 6.45) is 14.7. The molecule has 0 bridgehead atoms. The second kappa shape index (κ2) is 8.25. The van der Waals surface area contributed by atoms with Gasteiger partial charge in [0.25, 0.3) is 0 Å². The molecular formula is C30H48O3. The van der Waals surface area contributed by atoms with Crippen LogP contribution in [0.4, 0.5) is 0 Å². The van der Waals surface area contributed by atoms with Crippen molar-refractivity contribution in [1.29, 1.82) is 0 Å². The van der Waals surface area contributed by atoms with Crippen molar-refractivity contribution in [3.63, 3.8) is 0 Å². The molecule has 0 heterocycles. The van der Waals surface area contributed by atoms with E-state index in [9.17, 15) is 9.90 Å². The fourth-order valence-electron chi connectivity index (χ4n) is 9.52. The van der Waals surface area contributed by atoms with Gasteiger partial charge in [-0.1, -0.05) is 59.3 Å². The lowest BCUT2D eigenvalue weighted by Gasteiger charge is -2.64. The van der Waals surface area contributed by atoms with Gasteiger partial charge in [0.2, 0.25) is 0 Å². The number of hydrogen-bond donors (Lipinski definition) is 2. The van der Waals surface area contributed by atoms with E-state index >= 15 is 0 Å². The molecule has 0 aliphatic heterocycles. The molecule has 0 aromatic carbocycles. The summed E-state index contributed by atoms with van der Waals surface area (Å²) < 4.78 is 0. The normalized spacial score (nSPS) is 45.5. The minimum Gasteiger partial charge on any atom is -0.478 e. The van der Waals surface area contributed by atoms with Gasteiger partial charge in [0, 0.05) is 5.57 Å². The van der Waals surface area contributed by atoms with Crippen LogP contribution in [0.1, 0.15) is 106 Å². The van der Waals surface area contributed by atoms with Crippen LogP contribution in [0, 0.1) is 45.3 Å². The number of rotatable bonds is 5. The van der Waals surface area contributed by atoms with Gasteiger partial charge < -0.3 is 10.2 Å². The molecule has 3 saturated carbocycles. The first-order valence-corrected chi connectivity index (χ1v) is 13.6. The Morgan fingerprint density at radius 3 is 2.45 bits per heavy atom. The highest BCUT2D eigenvalue weighted by Crippen LogP contribution is 2.73. The van der Waals surface area contributed by atoms with Crippen molar-refractivity contribution in [3.8, 4) is 0 Å². The molecule has 0 saturated heterocycles. The van der Waals surface area contributed by atoms with Gasteiger partial charge >= 0.3 is 5.97 Å². The lowest BCUT2D eigenvalue weighted by atomic mass is 9.41. The monoisotopic (exact) mass is 456 g/mol. The van der Waals surface area contributed by atoms with Crippen LogP contribution >= 0.6 is 0 Å². The minimum absolute atomic E-state index is 0.00517. The van der Waals surface area contributed by atoms with E-state index in [1.54, 1.807) is 12.5 Å². The van der Waals surface area contributed by atoms with Gasteiger partial charge in [-0.05, 0) is 110 Å². The highest BCUT2D eigenvalue weighted by molar-refractivity contribution is 5.85. The predicted molar refractivity (Wildman–Crippen MR) is 135 cm³/mol. The number of allylic oxidation sites excluding steroid dienone is 3. The third-order valence-corrected chi connectivity index (χ3v) is 12.0. The Balaban J connectivity index is 1.59. The molecule has 0 amide bonds. The van der Waals surface area contributed by atoms with Crippen LogP contribution in [-0.2, 0) is 4.79 Å². The minimum atomic E-state index is -0.796. The fourth-order valence-corrected chi connectivity index (χ4v) is 9.52. The summed E-state index contributed by atoms with van der Waals surface area (Å²) in [7, 11) is 0. The summed E-state index contributed by atoms with van der Waals surface area (Å²) in [6.45, 7) is 16.5. The molecule has 3 nitrogen and oxygen atoms in total. The first-order chi connectivity index (χ1) is 15.3. The molecule has 0 aromatic rings.